The Balaban J connectivity index is 1.36. The van der Waals surface area contributed by atoms with E-state index in [0.717, 1.165) is 12.8 Å². The third-order valence-electron chi connectivity index (χ3n) is 10.3. The van der Waals surface area contributed by atoms with Crippen molar-refractivity contribution in [2.24, 2.45) is 11.8 Å². The van der Waals surface area contributed by atoms with Gasteiger partial charge in [0, 0.05) is 52.0 Å². The van der Waals surface area contributed by atoms with Gasteiger partial charge in [0.25, 0.3) is 11.8 Å². The quantitative estimate of drug-likeness (QED) is 0.0382. The Morgan fingerprint density at radius 1 is 1.00 bits per heavy atom. The van der Waals surface area contributed by atoms with Crippen LogP contribution < -0.4 is 20.7 Å². The highest BCUT2D eigenvalue weighted by Crippen LogP contribution is 2.40. The fourth-order valence-corrected chi connectivity index (χ4v) is 7.10. The Kier molecular flexibility index (Phi) is 16.1. The van der Waals surface area contributed by atoms with Crippen LogP contribution in [0.5, 0.6) is 5.75 Å². The molecule has 2 aliphatic rings. The zero-order valence-corrected chi connectivity index (χ0v) is 38.7. The number of amides is 3. The maximum Gasteiger partial charge on any atom is 0.412 e. The van der Waals surface area contributed by atoms with Crippen molar-refractivity contribution < 1.29 is 62.3 Å². The molecular weight excluding hydrogens is 855 g/mol. The Morgan fingerprint density at radius 3 is 2.26 bits per heavy atom. The number of anilines is 1. The van der Waals surface area contributed by atoms with Crippen molar-refractivity contribution in [3.8, 4) is 16.9 Å². The summed E-state index contributed by atoms with van der Waals surface area (Å²) in [5, 5.41) is 27.1. The summed E-state index contributed by atoms with van der Waals surface area (Å²) in [4.78, 5) is 83.0. The SMILES string of the molecule is C=Cc1cc(C(=O)Nc2ccc(C(=N)NC(=O)OC[C@@H]3C[C@H](CC(=O)OC(C)(C)C)OC(C)(C)O3)cc2)c(-c2c(C(C)OC(=O)C(C)C)cc(C(=O)NCC3CC3)nc2C(=O)O)cc1OC. The Morgan fingerprint density at radius 2 is 1.67 bits per heavy atom. The van der Waals surface area contributed by atoms with Gasteiger partial charge in [-0.1, -0.05) is 26.5 Å². The molecule has 0 radical (unpaired) electrons. The standard InChI is InChI=1S/C48H59N5O13/c1-11-28-18-35(34(22-37(28)61-10)39-33(26(4)63-45(59)25(2)3)21-36(52-40(39)44(57)58)43(56)50-23-27-12-13-27)42(55)51-30-16-14-29(15-17-30)41(49)53-46(60)62-24-32-19-31(64-48(8,9)65-32)20-38(54)66-47(5,6)7/h11,14-18,21-22,25-27,31-32H,1,12-13,19-20,23-24H2,2-10H3,(H,50,56)(H,51,55)(H,57,58)(H2,49,53,60)/t26?,31-,32+/m1/s1. The van der Waals surface area contributed by atoms with E-state index in [1.165, 1.54) is 62.6 Å². The van der Waals surface area contributed by atoms with Gasteiger partial charge in [-0.3, -0.25) is 29.9 Å². The zero-order chi connectivity index (χ0) is 48.7. The molecule has 3 atom stereocenters. The van der Waals surface area contributed by atoms with E-state index in [9.17, 15) is 33.9 Å². The first-order valence-corrected chi connectivity index (χ1v) is 21.6. The molecule has 2 fully saturated rings. The first-order chi connectivity index (χ1) is 31.0. The number of amidine groups is 1. The normalized spacial score (nSPS) is 17.1. The number of nitrogens with zero attached hydrogens (tertiary/aromatic N) is 1. The third kappa shape index (κ3) is 13.7. The highest BCUT2D eigenvalue weighted by atomic mass is 16.7. The molecular formula is C48H59N5O13. The van der Waals surface area contributed by atoms with Crippen molar-refractivity contribution in [1.82, 2.24) is 15.6 Å². The molecule has 1 unspecified atom stereocenters. The average molecular weight is 914 g/mol. The van der Waals surface area contributed by atoms with E-state index in [2.05, 4.69) is 27.5 Å². The first kappa shape index (κ1) is 50.3. The van der Waals surface area contributed by atoms with Crippen LogP contribution in [-0.2, 0) is 33.3 Å². The molecule has 1 saturated carbocycles. The Hall–Kier alpha value is -6.66. The molecule has 3 aromatic rings. The molecule has 354 valence electrons. The van der Waals surface area contributed by atoms with Crippen LogP contribution in [0.3, 0.4) is 0 Å². The van der Waals surface area contributed by atoms with Gasteiger partial charge in [-0.15, -0.1) is 0 Å². The minimum absolute atomic E-state index is 0.0131. The third-order valence-corrected chi connectivity index (χ3v) is 10.3. The van der Waals surface area contributed by atoms with Crippen LogP contribution in [-0.4, -0.2) is 95.6 Å². The van der Waals surface area contributed by atoms with Crippen LogP contribution in [0.1, 0.15) is 135 Å². The van der Waals surface area contributed by atoms with Crippen LogP contribution >= 0.6 is 0 Å². The van der Waals surface area contributed by atoms with Gasteiger partial charge in [-0.25, -0.2) is 14.6 Å². The molecule has 66 heavy (non-hydrogen) atoms. The lowest BCUT2D eigenvalue weighted by molar-refractivity contribution is -0.304. The highest BCUT2D eigenvalue weighted by Gasteiger charge is 2.38. The molecule has 1 aliphatic heterocycles. The molecule has 2 heterocycles. The Labute approximate surface area is 383 Å². The average Bonchev–Trinajstić information content (AvgIpc) is 4.07. The van der Waals surface area contributed by atoms with Gasteiger partial charge in [-0.05, 0) is 103 Å². The van der Waals surface area contributed by atoms with E-state index in [4.69, 9.17) is 33.8 Å². The van der Waals surface area contributed by atoms with Crippen LogP contribution in [0.15, 0.2) is 49.0 Å². The monoisotopic (exact) mass is 913 g/mol. The molecule has 5 rings (SSSR count). The van der Waals surface area contributed by atoms with Crippen LogP contribution in [0.4, 0.5) is 10.5 Å². The number of methoxy groups -OCH3 is 1. The van der Waals surface area contributed by atoms with E-state index in [1.54, 1.807) is 48.5 Å². The number of carbonyl (C=O) groups is 6. The lowest BCUT2D eigenvalue weighted by Gasteiger charge is -2.40. The summed E-state index contributed by atoms with van der Waals surface area (Å²) in [5.41, 5.74) is -0.504. The van der Waals surface area contributed by atoms with E-state index in [0.29, 0.717) is 18.0 Å². The van der Waals surface area contributed by atoms with Gasteiger partial charge in [-0.2, -0.15) is 0 Å². The predicted molar refractivity (Wildman–Crippen MR) is 242 cm³/mol. The molecule has 0 spiro atoms. The second-order valence-corrected chi connectivity index (χ2v) is 17.9. The maximum absolute atomic E-state index is 14.3. The number of ether oxygens (including phenoxy) is 6. The minimum atomic E-state index is -1.51. The number of benzene rings is 2. The Bertz CT molecular complexity index is 2370. The molecule has 0 bridgehead atoms. The summed E-state index contributed by atoms with van der Waals surface area (Å²) >= 11 is 0. The molecule has 2 aromatic carbocycles. The smallest absolute Gasteiger partial charge is 0.412 e. The number of carboxylic acid groups (broad SMARTS) is 1. The van der Waals surface area contributed by atoms with Gasteiger partial charge >= 0.3 is 24.0 Å². The lowest BCUT2D eigenvalue weighted by atomic mass is 9.89. The summed E-state index contributed by atoms with van der Waals surface area (Å²) in [6.45, 7) is 17.5. The van der Waals surface area contributed by atoms with Crippen molar-refractivity contribution in [2.75, 3.05) is 25.6 Å². The summed E-state index contributed by atoms with van der Waals surface area (Å²) in [6.07, 6.45) is 0.448. The van der Waals surface area contributed by atoms with E-state index < -0.39 is 77.1 Å². The number of pyridine rings is 1. The number of aromatic nitrogens is 1. The molecule has 5 N–H and O–H groups in total. The number of aromatic carboxylic acids is 1. The van der Waals surface area contributed by atoms with E-state index in [-0.39, 0.29) is 70.2 Å². The second-order valence-electron chi connectivity index (χ2n) is 17.9. The predicted octanol–water partition coefficient (Wildman–Crippen LogP) is 7.44. The number of nitrogens with one attached hydrogen (secondary N) is 4. The number of esters is 2. The molecule has 18 heteroatoms. The minimum Gasteiger partial charge on any atom is -0.496 e. The number of carboxylic acids is 1. The second kappa shape index (κ2) is 21.1. The van der Waals surface area contributed by atoms with Gasteiger partial charge in [0.1, 0.15) is 35.6 Å². The molecule has 1 saturated heterocycles. The van der Waals surface area contributed by atoms with Gasteiger partial charge < -0.3 is 44.2 Å². The topological polar surface area (TPSA) is 251 Å². The van der Waals surface area contributed by atoms with Crippen molar-refractivity contribution in [3.05, 3.63) is 82.7 Å². The first-order valence-electron chi connectivity index (χ1n) is 21.6. The molecule has 3 amide bonds. The maximum atomic E-state index is 14.3. The van der Waals surface area contributed by atoms with Crippen LogP contribution in [0.2, 0.25) is 0 Å². The van der Waals surface area contributed by atoms with Crippen LogP contribution in [0.25, 0.3) is 17.2 Å². The van der Waals surface area contributed by atoms with E-state index >= 15 is 0 Å². The number of carbonyl (C=O) groups excluding carboxylic acids is 5. The van der Waals surface area contributed by atoms with Crippen LogP contribution in [0, 0.1) is 17.2 Å². The van der Waals surface area contributed by atoms with Gasteiger partial charge in [0.15, 0.2) is 11.5 Å². The summed E-state index contributed by atoms with van der Waals surface area (Å²) in [6, 6.07) is 10.2. The fourth-order valence-electron chi connectivity index (χ4n) is 7.10. The van der Waals surface area contributed by atoms with Crippen molar-refractivity contribution in [2.45, 2.75) is 111 Å². The summed E-state index contributed by atoms with van der Waals surface area (Å²) in [5.74, 6) is -5.18. The number of hydrogen-bond donors (Lipinski definition) is 5. The highest BCUT2D eigenvalue weighted by molar-refractivity contribution is 6.12. The number of rotatable bonds is 17. The zero-order valence-electron chi connectivity index (χ0n) is 38.7. The van der Waals surface area contributed by atoms with Gasteiger partial charge in [0.2, 0.25) is 0 Å². The largest absolute Gasteiger partial charge is 0.496 e. The molecule has 1 aliphatic carbocycles. The van der Waals surface area contributed by atoms with Crippen molar-refractivity contribution >= 4 is 53.4 Å². The fraction of sp³-hybridized carbons (Fsp3) is 0.458. The van der Waals surface area contributed by atoms with E-state index in [1.807, 2.05) is 0 Å². The number of hydrogen-bond acceptors (Lipinski definition) is 14. The van der Waals surface area contributed by atoms with Gasteiger partial charge in [0.05, 0.1) is 31.7 Å². The van der Waals surface area contributed by atoms with Crippen molar-refractivity contribution in [3.63, 3.8) is 0 Å². The lowest BCUT2D eigenvalue weighted by Crippen LogP contribution is -2.47. The summed E-state index contributed by atoms with van der Waals surface area (Å²) < 4.78 is 34.0. The number of alkyl carbamates (subject to hydrolysis) is 1. The van der Waals surface area contributed by atoms with Crippen molar-refractivity contribution in [1.29, 1.82) is 5.41 Å². The molecule has 18 nitrogen and oxygen atoms in total. The summed E-state index contributed by atoms with van der Waals surface area (Å²) in [7, 11) is 1.39. The molecule has 1 aromatic heterocycles.